The van der Waals surface area contributed by atoms with E-state index in [0.717, 1.165) is 22.7 Å². The highest BCUT2D eigenvalue weighted by Gasteiger charge is 2.23. The molecule has 0 spiro atoms. The first-order valence-electron chi connectivity index (χ1n) is 38.5. The monoisotopic (exact) mass is 1420 g/mol. The van der Waals surface area contributed by atoms with Crippen LogP contribution in [-0.2, 0) is 0 Å². The van der Waals surface area contributed by atoms with Gasteiger partial charge in [-0.2, -0.15) is 0 Å². The van der Waals surface area contributed by atoms with Gasteiger partial charge in [0, 0.05) is 65.8 Å². The van der Waals surface area contributed by atoms with Gasteiger partial charge < -0.3 is 18.3 Å². The second kappa shape index (κ2) is 27.7. The fourth-order valence-electron chi connectivity index (χ4n) is 17.6. The van der Waals surface area contributed by atoms with Crippen LogP contribution in [-0.4, -0.2) is 18.3 Å². The van der Waals surface area contributed by atoms with Crippen molar-refractivity contribution < 1.29 is 0 Å². The third kappa shape index (κ3) is 11.4. The van der Waals surface area contributed by atoms with Gasteiger partial charge in [0.2, 0.25) is 0 Å². The lowest BCUT2D eigenvalue weighted by molar-refractivity contribution is 1.18. The minimum atomic E-state index is 1.14. The van der Waals surface area contributed by atoms with Crippen molar-refractivity contribution in [1.29, 1.82) is 0 Å². The summed E-state index contributed by atoms with van der Waals surface area (Å²) in [6, 6.07) is 159. The number of rotatable bonds is 12. The van der Waals surface area contributed by atoms with Gasteiger partial charge in [0.25, 0.3) is 0 Å². The summed E-state index contributed by atoms with van der Waals surface area (Å²) in [5.41, 5.74) is 33.5. The molecule has 0 atom stereocenters. The Morgan fingerprint density at radius 1 is 0.116 bits per heavy atom. The molecule has 0 radical (unpaired) electrons. The largest absolute Gasteiger partial charge is 0.309 e. The van der Waals surface area contributed by atoms with Crippen molar-refractivity contribution in [2.45, 2.75) is 0 Å². The average Bonchev–Trinajstić information content (AvgIpc) is 1.57. The smallest absolute Gasteiger partial charge is 0.0547 e. The van der Waals surface area contributed by atoms with Crippen molar-refractivity contribution in [3.63, 3.8) is 0 Å². The highest BCUT2D eigenvalue weighted by atomic mass is 15.0. The molecule has 4 aromatic heterocycles. The topological polar surface area (TPSA) is 19.7 Å². The van der Waals surface area contributed by atoms with Gasteiger partial charge in [-0.15, -0.1) is 0 Å². The minimum Gasteiger partial charge on any atom is -0.309 e. The molecular formula is C108H72N4. The minimum absolute atomic E-state index is 1.14. The predicted molar refractivity (Wildman–Crippen MR) is 474 cm³/mol. The van der Waals surface area contributed by atoms with Crippen LogP contribution in [0.5, 0.6) is 0 Å². The highest BCUT2D eigenvalue weighted by Crippen LogP contribution is 2.46. The van der Waals surface area contributed by atoms with E-state index in [1.807, 2.05) is 0 Å². The molecule has 18 aromatic carbocycles. The summed E-state index contributed by atoms with van der Waals surface area (Å²) in [6.07, 6.45) is 0. The molecular weight excluding hydrogens is 1350 g/mol. The standard InChI is InChI=1S/2C54H36N2/c1-4-16-37(17-5-1)40-22-14-23-42(34-40)55-50-27-12-10-24-46(50)49-35-41(30-33-52(49)55)45-26-15-29-53-54(45)47-25-11-13-28-51(47)56(53)43-31-32-44(38-18-6-2-7-19-38)48(36-43)39-20-8-3-9-21-39;1-4-16-37(17-5-1)40-22-14-23-44(33-40)55-50-27-12-10-24-47(50)49-36-41(30-31-52(49)55)46-26-15-29-53-54(46)48-25-11-13-28-51(48)56(53)45-34-42(38-18-6-2-7-19-38)32-43(35-45)39-20-8-3-9-21-39/h2*1-36H. The first-order valence-corrected chi connectivity index (χ1v) is 38.5. The number of nitrogens with zero attached hydrogens (tertiary/aromatic N) is 4. The summed E-state index contributed by atoms with van der Waals surface area (Å²) in [5.74, 6) is 0. The molecule has 0 unspecified atom stereocenters. The maximum atomic E-state index is 2.46. The maximum absolute atomic E-state index is 2.46. The van der Waals surface area contributed by atoms with Gasteiger partial charge in [-0.3, -0.25) is 0 Å². The number of hydrogen-bond donors (Lipinski definition) is 0. The zero-order valence-corrected chi connectivity index (χ0v) is 61.4. The van der Waals surface area contributed by atoms with E-state index < -0.39 is 0 Å². The molecule has 22 aromatic rings. The Kier molecular flexibility index (Phi) is 16.2. The quantitative estimate of drug-likeness (QED) is 0.116. The lowest BCUT2D eigenvalue weighted by atomic mass is 9.94. The Labute approximate surface area is 649 Å². The number of aromatic nitrogens is 4. The third-order valence-corrected chi connectivity index (χ3v) is 22.6. The second-order valence-electron chi connectivity index (χ2n) is 29.1. The van der Waals surface area contributed by atoms with Crippen molar-refractivity contribution in [3.05, 3.63) is 437 Å². The second-order valence-corrected chi connectivity index (χ2v) is 29.1. The zero-order valence-electron chi connectivity index (χ0n) is 61.4. The number of para-hydroxylation sites is 4. The van der Waals surface area contributed by atoms with Crippen LogP contribution in [0, 0.1) is 0 Å². The molecule has 0 aliphatic carbocycles. The Morgan fingerprint density at radius 3 is 0.839 bits per heavy atom. The van der Waals surface area contributed by atoms with Crippen molar-refractivity contribution in [2.24, 2.45) is 0 Å². The molecule has 0 aliphatic heterocycles. The van der Waals surface area contributed by atoms with Crippen LogP contribution >= 0.6 is 0 Å². The zero-order chi connectivity index (χ0) is 74.0. The van der Waals surface area contributed by atoms with Crippen LogP contribution in [0.3, 0.4) is 0 Å². The molecule has 0 saturated carbocycles. The van der Waals surface area contributed by atoms with Crippen LogP contribution in [0.4, 0.5) is 0 Å². The van der Waals surface area contributed by atoms with Crippen LogP contribution in [0.15, 0.2) is 437 Å². The van der Waals surface area contributed by atoms with E-state index in [9.17, 15) is 0 Å². The van der Waals surface area contributed by atoms with Crippen molar-refractivity contribution in [2.75, 3.05) is 0 Å². The van der Waals surface area contributed by atoms with Crippen LogP contribution in [0.25, 0.3) is 199 Å². The molecule has 0 saturated heterocycles. The fourth-order valence-corrected chi connectivity index (χ4v) is 17.6. The molecule has 0 bridgehead atoms. The molecule has 524 valence electrons. The van der Waals surface area contributed by atoms with E-state index in [-0.39, 0.29) is 0 Å². The SMILES string of the molecule is c1ccc(-c2cccc(-n3c4ccccc4c4cc(-c5cccc6c5c5ccccc5n6-c5cc(-c6ccccc6)cc(-c6ccccc6)c5)ccc43)c2)cc1.c1ccc(-c2cccc(-n3c4ccccc4c4cc(-c5cccc6c5c5ccccc5n6-c5ccc(-c6ccccc6)c(-c6ccccc6)c5)ccc43)c2)cc1. The van der Waals surface area contributed by atoms with E-state index in [4.69, 9.17) is 0 Å². The normalized spacial score (nSPS) is 11.6. The molecule has 0 aliphatic rings. The molecule has 0 amide bonds. The first kappa shape index (κ1) is 65.5. The van der Waals surface area contributed by atoms with Crippen LogP contribution in [0.1, 0.15) is 0 Å². The molecule has 4 nitrogen and oxygen atoms in total. The molecule has 22 rings (SSSR count). The summed E-state index contributed by atoms with van der Waals surface area (Å²) in [6.45, 7) is 0. The number of fused-ring (bicyclic) bond motifs is 12. The Bertz CT molecular complexity index is 7270. The molecule has 4 heterocycles. The lowest BCUT2D eigenvalue weighted by Gasteiger charge is -2.15. The van der Waals surface area contributed by atoms with Gasteiger partial charge in [-0.1, -0.05) is 322 Å². The van der Waals surface area contributed by atoms with Gasteiger partial charge in [0.1, 0.15) is 0 Å². The van der Waals surface area contributed by atoms with Crippen molar-refractivity contribution in [3.8, 4) is 112 Å². The van der Waals surface area contributed by atoms with E-state index >= 15 is 0 Å². The Balaban J connectivity index is 0.000000141. The maximum Gasteiger partial charge on any atom is 0.0547 e. The predicted octanol–water partition coefficient (Wildman–Crippen LogP) is 29.1. The van der Waals surface area contributed by atoms with Gasteiger partial charge >= 0.3 is 0 Å². The van der Waals surface area contributed by atoms with Gasteiger partial charge in [-0.25, -0.2) is 0 Å². The first-order chi connectivity index (χ1) is 55.6. The molecule has 4 heteroatoms. The van der Waals surface area contributed by atoms with E-state index in [1.54, 1.807) is 0 Å². The van der Waals surface area contributed by atoms with E-state index in [2.05, 4.69) is 455 Å². The Hall–Kier alpha value is -14.8. The van der Waals surface area contributed by atoms with Crippen molar-refractivity contribution in [1.82, 2.24) is 18.3 Å². The molecule has 112 heavy (non-hydrogen) atoms. The summed E-state index contributed by atoms with van der Waals surface area (Å²) >= 11 is 0. The summed E-state index contributed by atoms with van der Waals surface area (Å²) in [4.78, 5) is 0. The lowest BCUT2D eigenvalue weighted by Crippen LogP contribution is -1.96. The van der Waals surface area contributed by atoms with Gasteiger partial charge in [0.15, 0.2) is 0 Å². The van der Waals surface area contributed by atoms with Gasteiger partial charge in [-0.05, 0) is 204 Å². The third-order valence-electron chi connectivity index (χ3n) is 22.6. The molecule has 0 N–H and O–H groups in total. The van der Waals surface area contributed by atoms with Crippen LogP contribution in [0.2, 0.25) is 0 Å². The van der Waals surface area contributed by atoms with E-state index in [0.29, 0.717) is 0 Å². The molecule has 0 fully saturated rings. The van der Waals surface area contributed by atoms with Crippen molar-refractivity contribution >= 4 is 87.2 Å². The number of hydrogen-bond acceptors (Lipinski definition) is 0. The summed E-state index contributed by atoms with van der Waals surface area (Å²) in [7, 11) is 0. The summed E-state index contributed by atoms with van der Waals surface area (Å²) < 4.78 is 9.73. The number of benzene rings is 18. The average molecular weight is 1430 g/mol. The fraction of sp³-hybridized carbons (Fsp3) is 0. The highest BCUT2D eigenvalue weighted by molar-refractivity contribution is 6.20. The summed E-state index contributed by atoms with van der Waals surface area (Å²) in [5, 5.41) is 9.98. The Morgan fingerprint density at radius 2 is 0.411 bits per heavy atom. The van der Waals surface area contributed by atoms with Crippen LogP contribution < -0.4 is 0 Å². The van der Waals surface area contributed by atoms with Gasteiger partial charge in [0.05, 0.1) is 44.1 Å². The van der Waals surface area contributed by atoms with E-state index in [1.165, 1.54) is 176 Å².